The molecule has 0 radical (unpaired) electrons. The van der Waals surface area contributed by atoms with Crippen molar-refractivity contribution in [2.75, 3.05) is 6.61 Å². The van der Waals surface area contributed by atoms with Gasteiger partial charge < -0.3 is 35.3 Å². The van der Waals surface area contributed by atoms with E-state index >= 15 is 0 Å². The normalized spacial score (nSPS) is 53.2. The Morgan fingerprint density at radius 1 is 0.933 bits per heavy atom. The summed E-state index contributed by atoms with van der Waals surface area (Å²) in [5.41, 5.74) is -1.39. The summed E-state index contributed by atoms with van der Waals surface area (Å²) in [6.45, 7) is 10.8. The monoisotopic (exact) mass is 821 g/mol. The van der Waals surface area contributed by atoms with Gasteiger partial charge in [0.1, 0.15) is 0 Å². The molecule has 1 aromatic rings. The Kier molecular flexibility index (Phi) is 9.75. The third-order valence-corrected chi connectivity index (χ3v) is 19.2. The Balaban J connectivity index is 1.09. The molecule has 2 heterocycles. The van der Waals surface area contributed by atoms with E-state index in [0.29, 0.717) is 49.7 Å². The minimum Gasteiger partial charge on any atom is -0.465 e. The number of rotatable bonds is 2. The summed E-state index contributed by atoms with van der Waals surface area (Å²) < 4.78 is 5.93. The average Bonchev–Trinajstić information content (AvgIpc) is 3.91. The first kappa shape index (κ1) is 41.0. The van der Waals surface area contributed by atoms with Crippen molar-refractivity contribution >= 4 is 11.8 Å². The minimum atomic E-state index is -1.58. The molecule has 5 fully saturated rings. The summed E-state index contributed by atoms with van der Waals surface area (Å²) in [5.74, 6) is 6.70. The molecule has 0 aromatic carbocycles. The van der Waals surface area contributed by atoms with E-state index in [-0.39, 0.29) is 84.3 Å². The number of aromatic nitrogens is 1. The highest BCUT2D eigenvalue weighted by Gasteiger charge is 2.72. The molecule has 4 bridgehead atoms. The van der Waals surface area contributed by atoms with E-state index in [2.05, 4.69) is 62.7 Å². The van der Waals surface area contributed by atoms with E-state index in [9.17, 15) is 35.1 Å². The second-order valence-corrected chi connectivity index (χ2v) is 22.3. The number of hydrogen-bond acceptors (Lipinski definition) is 8. The number of nitrogens with one attached hydrogen (secondary N) is 1. The molecule has 9 aliphatic rings. The van der Waals surface area contributed by atoms with E-state index in [1.54, 1.807) is 18.6 Å². The summed E-state index contributed by atoms with van der Waals surface area (Å²) in [4.78, 5) is 30.9. The lowest BCUT2D eigenvalue weighted by Gasteiger charge is -2.61. The third-order valence-electron chi connectivity index (χ3n) is 19.2. The lowest BCUT2D eigenvalue weighted by Crippen LogP contribution is -2.63. The van der Waals surface area contributed by atoms with Crippen LogP contribution >= 0.6 is 0 Å². The molecular weight excluding hydrogens is 755 g/mol. The van der Waals surface area contributed by atoms with Gasteiger partial charge in [-0.1, -0.05) is 57.4 Å². The predicted octanol–water partition coefficient (Wildman–Crippen LogP) is 6.27. The number of aliphatic hydroxyl groups excluding tert-OH is 3. The molecule has 324 valence electrons. The fourth-order valence-electron chi connectivity index (χ4n) is 16.4. The molecule has 9 nitrogen and oxygen atoms in total. The van der Waals surface area contributed by atoms with Gasteiger partial charge in [0.2, 0.25) is 0 Å². The number of esters is 1. The minimum absolute atomic E-state index is 0.0474. The Morgan fingerprint density at radius 2 is 1.73 bits per heavy atom. The van der Waals surface area contributed by atoms with Gasteiger partial charge in [0.25, 0.3) is 0 Å². The Bertz CT molecular complexity index is 2060. The maximum atomic E-state index is 14.1. The molecule has 1 aromatic heterocycles. The number of ketones is 1. The van der Waals surface area contributed by atoms with Gasteiger partial charge in [-0.3, -0.25) is 9.59 Å². The highest BCUT2D eigenvalue weighted by atomic mass is 16.5. The van der Waals surface area contributed by atoms with Crippen molar-refractivity contribution in [1.82, 2.24) is 4.98 Å². The maximum Gasteiger partial charge on any atom is 0.313 e. The maximum absolute atomic E-state index is 14.1. The van der Waals surface area contributed by atoms with Gasteiger partial charge in [-0.15, -0.1) is 5.92 Å². The summed E-state index contributed by atoms with van der Waals surface area (Å²) in [6.07, 6.45) is 15.9. The van der Waals surface area contributed by atoms with E-state index < -0.39 is 58.1 Å². The number of cyclic esters (lactones) is 1. The first-order valence-electron chi connectivity index (χ1n) is 23.4. The number of aliphatic hydroxyl groups is 5. The summed E-state index contributed by atoms with van der Waals surface area (Å²) >= 11 is 0. The Labute approximate surface area is 355 Å². The number of carbonyl (C=O) groups excluding carboxylic acids is 2. The van der Waals surface area contributed by atoms with Crippen LogP contribution in [0.25, 0.3) is 0 Å². The van der Waals surface area contributed by atoms with Crippen molar-refractivity contribution in [3.63, 3.8) is 0 Å². The predicted molar refractivity (Wildman–Crippen MR) is 225 cm³/mol. The number of hydrogen-bond donors (Lipinski definition) is 6. The van der Waals surface area contributed by atoms with Crippen LogP contribution in [0.15, 0.2) is 53.9 Å². The molecule has 21 atom stereocenters. The van der Waals surface area contributed by atoms with Gasteiger partial charge >= 0.3 is 5.97 Å². The molecule has 9 heteroatoms. The fraction of sp³-hybridized carbons (Fsp3) is 0.725. The molecule has 0 amide bonds. The van der Waals surface area contributed by atoms with Crippen molar-refractivity contribution in [3.05, 3.63) is 59.5 Å². The fourth-order valence-corrected chi connectivity index (χ4v) is 16.4. The van der Waals surface area contributed by atoms with Crippen LogP contribution in [0.3, 0.4) is 0 Å². The molecular formula is C51H67NO8. The Hall–Kier alpha value is -3.00. The molecule has 4 saturated carbocycles. The highest BCUT2D eigenvalue weighted by Crippen LogP contribution is 2.71. The number of ether oxygens (including phenoxy) is 1. The topological polar surface area (TPSA) is 160 Å². The van der Waals surface area contributed by atoms with Crippen LogP contribution in [0.5, 0.6) is 0 Å². The Morgan fingerprint density at radius 3 is 2.50 bits per heavy atom. The number of H-pyrrole nitrogens is 1. The highest BCUT2D eigenvalue weighted by molar-refractivity contribution is 5.95. The van der Waals surface area contributed by atoms with E-state index in [4.69, 9.17) is 4.74 Å². The summed E-state index contributed by atoms with van der Waals surface area (Å²) in [5, 5.41) is 60.6. The van der Waals surface area contributed by atoms with Crippen molar-refractivity contribution in [3.8, 4) is 11.8 Å². The molecule has 60 heavy (non-hydrogen) atoms. The van der Waals surface area contributed by atoms with Crippen LogP contribution in [0, 0.1) is 99.6 Å². The summed E-state index contributed by atoms with van der Waals surface area (Å²) in [7, 11) is 0. The second-order valence-electron chi connectivity index (χ2n) is 22.3. The van der Waals surface area contributed by atoms with Crippen LogP contribution in [-0.2, 0) is 14.3 Å². The van der Waals surface area contributed by atoms with Crippen molar-refractivity contribution in [2.45, 2.75) is 134 Å². The lowest BCUT2D eigenvalue weighted by atomic mass is 9.45. The number of carbonyl (C=O) groups is 2. The molecule has 0 spiro atoms. The van der Waals surface area contributed by atoms with E-state index in [1.807, 2.05) is 18.5 Å². The third kappa shape index (κ3) is 5.82. The van der Waals surface area contributed by atoms with E-state index in [0.717, 1.165) is 18.4 Å². The zero-order chi connectivity index (χ0) is 42.3. The van der Waals surface area contributed by atoms with Gasteiger partial charge in [-0.05, 0) is 147 Å². The molecule has 1 aliphatic heterocycles. The average molecular weight is 822 g/mol. The molecule has 0 unspecified atom stereocenters. The summed E-state index contributed by atoms with van der Waals surface area (Å²) in [6, 6.07) is 1.98. The zero-order valence-corrected chi connectivity index (χ0v) is 36.1. The SMILES string of the molecule is C[C@H]1CCC2=C[C@H]3C=C[C@@H]4[C@@H]([C@@H]5COC(=O)[C@@H]5c5cc[nH]c5)C#CC[C@@H]5C[C@@]6(O)C7=CC(=O)[C@@H]8C[C@@H](O)[C@@H](O)C[C@]8(C)[C@H]7CC[C@]6(C)[C@H]5[C@@](C)(O)[C@H](O)C[C@@H](C)[C@H]3[C@@H]4[C@H]2C1. The largest absolute Gasteiger partial charge is 0.465 e. The standard InChI is InChI=1S/C51H67NO8/c1-26-9-10-28-19-29-11-12-33-32(35-25-60-47(57)44(35)31-14-16-52-24-31)8-6-7-30-22-51(59)37-20-39(53)38-21-40(54)41(55)23-48(38,3)36(37)13-15-49(51,4)46(30)50(5,58)42(56)18-27(2)43(29)45(33)34(28)17-26/h11-12,14,16,19-20,24,26-27,29-30,32-36,38,40-46,52,54-56,58-59H,7,9-10,13,15,17-18,21-23,25H2,1-5H3/t26-,27+,29+,30+,32-,33+,34-,35-,36-,38-,40+,41-,42+,43+,44+,45-,46-,48+,49+,50-,51+/m0/s1. The van der Waals surface area contributed by atoms with Crippen LogP contribution in [0.2, 0.25) is 0 Å². The zero-order valence-electron chi connectivity index (χ0n) is 36.1. The quantitative estimate of drug-likeness (QED) is 0.116. The molecule has 8 aliphatic carbocycles. The smallest absolute Gasteiger partial charge is 0.313 e. The van der Waals surface area contributed by atoms with Crippen molar-refractivity contribution < 1.29 is 39.9 Å². The number of allylic oxidation sites excluding steroid dienone is 5. The van der Waals surface area contributed by atoms with Gasteiger partial charge in [-0.25, -0.2) is 0 Å². The molecule has 10 rings (SSSR count). The molecule has 6 N–H and O–H groups in total. The first-order chi connectivity index (χ1) is 28.5. The van der Waals surface area contributed by atoms with Crippen molar-refractivity contribution in [2.24, 2.45) is 87.8 Å². The van der Waals surface area contributed by atoms with Crippen LogP contribution in [0.1, 0.15) is 110 Å². The van der Waals surface area contributed by atoms with Gasteiger partial charge in [0.05, 0.1) is 42.0 Å². The first-order valence-corrected chi connectivity index (χ1v) is 23.4. The number of fused-ring (bicyclic) bond motifs is 8. The van der Waals surface area contributed by atoms with Crippen LogP contribution in [-0.4, -0.2) is 78.4 Å². The van der Waals surface area contributed by atoms with Crippen LogP contribution in [0.4, 0.5) is 0 Å². The number of aromatic amines is 1. The van der Waals surface area contributed by atoms with Gasteiger partial charge in [-0.2, -0.15) is 0 Å². The van der Waals surface area contributed by atoms with Gasteiger partial charge in [0.15, 0.2) is 5.78 Å². The van der Waals surface area contributed by atoms with Crippen LogP contribution < -0.4 is 0 Å². The molecule has 1 saturated heterocycles. The lowest BCUT2D eigenvalue weighted by molar-refractivity contribution is -0.182. The van der Waals surface area contributed by atoms with E-state index in [1.165, 1.54) is 6.42 Å². The van der Waals surface area contributed by atoms with Crippen molar-refractivity contribution in [1.29, 1.82) is 0 Å². The second kappa shape index (κ2) is 14.3. The van der Waals surface area contributed by atoms with Gasteiger partial charge in [0, 0.05) is 47.9 Å².